The Balaban J connectivity index is 1.45. The molecule has 34 heavy (non-hydrogen) atoms. The predicted molar refractivity (Wildman–Crippen MR) is 147 cm³/mol. The second kappa shape index (κ2) is 8.12. The van der Waals surface area contributed by atoms with Crippen LogP contribution in [0, 0.1) is 0 Å². The predicted octanol–water partition coefficient (Wildman–Crippen LogP) is 6.67. The van der Waals surface area contributed by atoms with E-state index in [9.17, 15) is 0 Å². The average Bonchev–Trinajstić information content (AvgIpc) is 3.23. The van der Waals surface area contributed by atoms with Crippen LogP contribution in [0.15, 0.2) is 121 Å². The molecule has 0 radical (unpaired) electrons. The number of hydrogen-bond acceptors (Lipinski definition) is 1. The SMILES string of the molecule is C[Si](C)(c1ccccc1)c1ccc(-c2ccc3c(c2)c2ccccc2n3-c2ccccc2)nc1. The quantitative estimate of drug-likeness (QED) is 0.272. The maximum absolute atomic E-state index is 4.92. The monoisotopic (exact) mass is 454 g/mol. The van der Waals surface area contributed by atoms with Crippen LogP contribution in [-0.2, 0) is 0 Å². The minimum absolute atomic E-state index is 1.01. The zero-order valence-corrected chi connectivity index (χ0v) is 20.4. The van der Waals surface area contributed by atoms with E-state index in [2.05, 4.69) is 139 Å². The highest BCUT2D eigenvalue weighted by molar-refractivity contribution is 7.00. The van der Waals surface area contributed by atoms with Gasteiger partial charge in [0.2, 0.25) is 0 Å². The fraction of sp³-hybridized carbons (Fsp3) is 0.0645. The van der Waals surface area contributed by atoms with Crippen LogP contribution in [0.2, 0.25) is 13.1 Å². The minimum atomic E-state index is -1.76. The summed E-state index contributed by atoms with van der Waals surface area (Å²) < 4.78 is 2.35. The van der Waals surface area contributed by atoms with E-state index in [1.807, 2.05) is 0 Å². The molecule has 2 heterocycles. The summed E-state index contributed by atoms with van der Waals surface area (Å²) in [6.45, 7) is 4.78. The van der Waals surface area contributed by atoms with Crippen LogP contribution in [0.25, 0.3) is 38.8 Å². The number of para-hydroxylation sites is 2. The summed E-state index contributed by atoms with van der Waals surface area (Å²) in [7, 11) is -1.76. The maximum Gasteiger partial charge on any atom is 0.114 e. The molecular formula is C31H26N2Si. The first-order valence-corrected chi connectivity index (χ1v) is 14.7. The number of fused-ring (bicyclic) bond motifs is 3. The highest BCUT2D eigenvalue weighted by Gasteiger charge is 2.26. The second-order valence-corrected chi connectivity index (χ2v) is 13.7. The lowest BCUT2D eigenvalue weighted by atomic mass is 10.1. The van der Waals surface area contributed by atoms with Gasteiger partial charge in [0.15, 0.2) is 0 Å². The summed E-state index contributed by atoms with van der Waals surface area (Å²) in [4.78, 5) is 4.92. The van der Waals surface area contributed by atoms with Gasteiger partial charge in [-0.15, -0.1) is 0 Å². The van der Waals surface area contributed by atoms with E-state index < -0.39 is 8.07 Å². The van der Waals surface area contributed by atoms with Gasteiger partial charge in [-0.05, 0) is 41.6 Å². The Morgan fingerprint density at radius 3 is 2.00 bits per heavy atom. The van der Waals surface area contributed by atoms with Crippen molar-refractivity contribution < 1.29 is 0 Å². The molecule has 164 valence electrons. The van der Waals surface area contributed by atoms with Crippen LogP contribution >= 0.6 is 0 Å². The topological polar surface area (TPSA) is 17.8 Å². The first-order valence-electron chi connectivity index (χ1n) is 11.7. The third kappa shape index (κ3) is 3.37. The van der Waals surface area contributed by atoms with Crippen molar-refractivity contribution in [3.8, 4) is 16.9 Å². The normalized spacial score (nSPS) is 11.8. The first-order chi connectivity index (χ1) is 16.6. The van der Waals surface area contributed by atoms with E-state index in [0.29, 0.717) is 0 Å². The van der Waals surface area contributed by atoms with Crippen molar-refractivity contribution in [2.75, 3.05) is 0 Å². The zero-order chi connectivity index (χ0) is 23.1. The standard InChI is InChI=1S/C31H26N2Si/c1-34(2,25-13-7-4-8-14-25)26-18-19-29(32-22-26)23-17-20-31-28(21-23)27-15-9-10-16-30(27)33(31)24-11-5-3-6-12-24/h3-22H,1-2H3. The summed E-state index contributed by atoms with van der Waals surface area (Å²) in [5, 5.41) is 5.29. The Kier molecular flexibility index (Phi) is 4.93. The number of benzene rings is 4. The first kappa shape index (κ1) is 20.6. The van der Waals surface area contributed by atoms with Gasteiger partial charge in [0.1, 0.15) is 8.07 Å². The molecule has 6 rings (SSSR count). The third-order valence-electron chi connectivity index (χ3n) is 6.96. The largest absolute Gasteiger partial charge is 0.309 e. The zero-order valence-electron chi connectivity index (χ0n) is 19.4. The fourth-order valence-electron chi connectivity index (χ4n) is 4.94. The molecule has 0 spiro atoms. The van der Waals surface area contributed by atoms with E-state index in [4.69, 9.17) is 4.98 Å². The van der Waals surface area contributed by atoms with Gasteiger partial charge in [0.25, 0.3) is 0 Å². The molecular weight excluding hydrogens is 428 g/mol. The van der Waals surface area contributed by atoms with Gasteiger partial charge in [0, 0.05) is 28.2 Å². The summed E-state index contributed by atoms with van der Waals surface area (Å²) in [6, 6.07) is 41.2. The van der Waals surface area contributed by atoms with Crippen LogP contribution in [-0.4, -0.2) is 17.6 Å². The minimum Gasteiger partial charge on any atom is -0.309 e. The van der Waals surface area contributed by atoms with E-state index in [0.717, 1.165) is 11.3 Å². The molecule has 0 saturated carbocycles. The Morgan fingerprint density at radius 1 is 0.588 bits per heavy atom. The molecule has 0 aliphatic carbocycles. The van der Waals surface area contributed by atoms with Crippen molar-refractivity contribution in [3.05, 3.63) is 121 Å². The van der Waals surface area contributed by atoms with Gasteiger partial charge in [-0.1, -0.05) is 97.1 Å². The molecule has 0 atom stereocenters. The Hall–Kier alpha value is -3.95. The summed E-state index contributed by atoms with van der Waals surface area (Å²) in [6.07, 6.45) is 2.09. The van der Waals surface area contributed by atoms with Crippen molar-refractivity contribution in [3.63, 3.8) is 0 Å². The van der Waals surface area contributed by atoms with Crippen molar-refractivity contribution in [1.82, 2.24) is 9.55 Å². The average molecular weight is 455 g/mol. The van der Waals surface area contributed by atoms with Crippen molar-refractivity contribution in [2.45, 2.75) is 13.1 Å². The highest BCUT2D eigenvalue weighted by atomic mass is 28.3. The van der Waals surface area contributed by atoms with Crippen molar-refractivity contribution in [2.24, 2.45) is 0 Å². The van der Waals surface area contributed by atoms with Crippen LogP contribution < -0.4 is 10.4 Å². The van der Waals surface area contributed by atoms with E-state index in [-0.39, 0.29) is 0 Å². The number of hydrogen-bond donors (Lipinski definition) is 0. The molecule has 0 aliphatic heterocycles. The Morgan fingerprint density at radius 2 is 1.26 bits per heavy atom. The number of rotatable bonds is 4. The van der Waals surface area contributed by atoms with Crippen molar-refractivity contribution in [1.29, 1.82) is 0 Å². The molecule has 6 aromatic rings. The number of aromatic nitrogens is 2. The summed E-state index contributed by atoms with van der Waals surface area (Å²) in [5.41, 5.74) is 5.77. The van der Waals surface area contributed by atoms with Crippen molar-refractivity contribution >= 4 is 40.3 Å². The highest BCUT2D eigenvalue weighted by Crippen LogP contribution is 2.34. The molecule has 0 saturated heterocycles. The number of nitrogens with zero attached hydrogens (tertiary/aromatic N) is 2. The summed E-state index contributed by atoms with van der Waals surface area (Å²) in [5.74, 6) is 0. The molecule has 2 aromatic heterocycles. The molecule has 0 bridgehead atoms. The smallest absolute Gasteiger partial charge is 0.114 e. The van der Waals surface area contributed by atoms with Crippen LogP contribution in [0.1, 0.15) is 0 Å². The van der Waals surface area contributed by atoms with Gasteiger partial charge in [-0.2, -0.15) is 0 Å². The molecule has 0 unspecified atom stereocenters. The van der Waals surface area contributed by atoms with Crippen LogP contribution in [0.4, 0.5) is 0 Å². The lowest BCUT2D eigenvalue weighted by molar-refractivity contribution is 1.18. The van der Waals surface area contributed by atoms with Crippen LogP contribution in [0.5, 0.6) is 0 Å². The fourth-order valence-corrected chi connectivity index (χ4v) is 7.19. The van der Waals surface area contributed by atoms with Crippen LogP contribution in [0.3, 0.4) is 0 Å². The molecule has 0 amide bonds. The lowest BCUT2D eigenvalue weighted by Gasteiger charge is -2.23. The van der Waals surface area contributed by atoms with E-state index in [1.165, 1.54) is 37.9 Å². The third-order valence-corrected chi connectivity index (χ3v) is 10.5. The molecule has 0 aliphatic rings. The van der Waals surface area contributed by atoms with E-state index in [1.54, 1.807) is 0 Å². The Bertz CT molecular complexity index is 1600. The molecule has 0 N–H and O–H groups in total. The molecule has 4 aromatic carbocycles. The van der Waals surface area contributed by atoms with Gasteiger partial charge in [-0.25, -0.2) is 0 Å². The summed E-state index contributed by atoms with van der Waals surface area (Å²) >= 11 is 0. The lowest BCUT2D eigenvalue weighted by Crippen LogP contribution is -2.52. The molecule has 3 heteroatoms. The van der Waals surface area contributed by atoms with E-state index >= 15 is 0 Å². The molecule has 2 nitrogen and oxygen atoms in total. The van der Waals surface area contributed by atoms with Gasteiger partial charge >= 0.3 is 0 Å². The number of pyridine rings is 1. The van der Waals surface area contributed by atoms with Gasteiger partial charge in [-0.3, -0.25) is 4.98 Å². The van der Waals surface area contributed by atoms with Gasteiger partial charge in [0.05, 0.1) is 16.7 Å². The maximum atomic E-state index is 4.92. The second-order valence-electron chi connectivity index (χ2n) is 9.34. The van der Waals surface area contributed by atoms with Gasteiger partial charge < -0.3 is 4.57 Å². The Labute approximate surface area is 201 Å². The molecule has 0 fully saturated rings.